The summed E-state index contributed by atoms with van der Waals surface area (Å²) in [6.45, 7) is 1.80. The lowest BCUT2D eigenvalue weighted by atomic mass is 10.0. The van der Waals surface area contributed by atoms with Gasteiger partial charge in [-0.25, -0.2) is 4.98 Å². The number of thiazole rings is 1. The predicted molar refractivity (Wildman–Crippen MR) is 99.9 cm³/mol. The number of hydrogen-bond acceptors (Lipinski definition) is 3. The molecule has 0 spiro atoms. The Hall–Kier alpha value is -2.88. The second-order valence-corrected chi connectivity index (χ2v) is 7.35. The van der Waals surface area contributed by atoms with Gasteiger partial charge in [-0.3, -0.25) is 4.79 Å². The molecule has 10 heteroatoms. The number of nitrogens with zero attached hydrogens (tertiary/aromatic N) is 1. The van der Waals surface area contributed by atoms with Crippen LogP contribution in [0.5, 0.6) is 0 Å². The van der Waals surface area contributed by atoms with E-state index < -0.39 is 35.0 Å². The number of amides is 1. The zero-order valence-electron chi connectivity index (χ0n) is 15.4. The van der Waals surface area contributed by atoms with Crippen molar-refractivity contribution >= 4 is 17.2 Å². The molecule has 0 atom stereocenters. The number of aryl methyl sites for hydroxylation is 1. The highest BCUT2D eigenvalue weighted by molar-refractivity contribution is 7.13. The van der Waals surface area contributed by atoms with Crippen LogP contribution in [0.25, 0.3) is 10.6 Å². The number of benzene rings is 2. The number of halogens is 6. The molecule has 158 valence electrons. The van der Waals surface area contributed by atoms with E-state index in [0.29, 0.717) is 22.8 Å². The van der Waals surface area contributed by atoms with E-state index in [1.165, 1.54) is 11.3 Å². The van der Waals surface area contributed by atoms with Gasteiger partial charge in [0, 0.05) is 16.5 Å². The Morgan fingerprint density at radius 1 is 0.967 bits per heavy atom. The second-order valence-electron chi connectivity index (χ2n) is 6.49. The Morgan fingerprint density at radius 2 is 1.53 bits per heavy atom. The number of aromatic nitrogens is 1. The van der Waals surface area contributed by atoms with Crippen LogP contribution in [0, 0.1) is 6.92 Å². The van der Waals surface area contributed by atoms with Crippen LogP contribution in [0.2, 0.25) is 0 Å². The van der Waals surface area contributed by atoms with Gasteiger partial charge in [-0.05, 0) is 25.1 Å². The minimum Gasteiger partial charge on any atom is -0.346 e. The zero-order chi connectivity index (χ0) is 22.1. The summed E-state index contributed by atoms with van der Waals surface area (Å²) in [5.74, 6) is -1.06. The highest BCUT2D eigenvalue weighted by Gasteiger charge is 2.37. The summed E-state index contributed by atoms with van der Waals surface area (Å²) >= 11 is 1.31. The van der Waals surface area contributed by atoms with E-state index in [1.54, 1.807) is 5.38 Å². The Labute approximate surface area is 171 Å². The molecular formula is C20H14F6N2OS. The van der Waals surface area contributed by atoms with E-state index in [2.05, 4.69) is 10.3 Å². The smallest absolute Gasteiger partial charge is 0.346 e. The lowest BCUT2D eigenvalue weighted by Crippen LogP contribution is -2.24. The Bertz CT molecular complexity index is 1020. The number of nitrogens with one attached hydrogen (secondary N) is 1. The van der Waals surface area contributed by atoms with Crippen molar-refractivity contribution in [2.75, 3.05) is 0 Å². The van der Waals surface area contributed by atoms with E-state index >= 15 is 0 Å². The minimum absolute atomic E-state index is 0.0228. The van der Waals surface area contributed by atoms with Crippen molar-refractivity contribution in [2.45, 2.75) is 25.8 Å². The number of carbonyl (C=O) groups is 1. The van der Waals surface area contributed by atoms with E-state index in [0.717, 1.165) is 11.1 Å². The van der Waals surface area contributed by atoms with Crippen LogP contribution in [0.15, 0.2) is 47.8 Å². The fraction of sp³-hybridized carbons (Fsp3) is 0.200. The van der Waals surface area contributed by atoms with E-state index in [1.807, 2.05) is 31.2 Å². The van der Waals surface area contributed by atoms with Crippen LogP contribution >= 0.6 is 11.3 Å². The molecule has 0 aliphatic carbocycles. The average Bonchev–Trinajstić information content (AvgIpc) is 3.14. The number of rotatable bonds is 4. The molecule has 0 unspecified atom stereocenters. The molecule has 0 saturated carbocycles. The monoisotopic (exact) mass is 444 g/mol. The van der Waals surface area contributed by atoms with Crippen molar-refractivity contribution < 1.29 is 31.1 Å². The third-order valence-electron chi connectivity index (χ3n) is 4.13. The maximum atomic E-state index is 12.9. The zero-order valence-corrected chi connectivity index (χ0v) is 16.2. The summed E-state index contributed by atoms with van der Waals surface area (Å²) in [7, 11) is 0. The molecule has 3 rings (SSSR count). The minimum atomic E-state index is -5.02. The van der Waals surface area contributed by atoms with Crippen LogP contribution in [-0.4, -0.2) is 10.9 Å². The molecule has 30 heavy (non-hydrogen) atoms. The first-order valence-corrected chi connectivity index (χ1v) is 9.40. The second kappa shape index (κ2) is 8.10. The van der Waals surface area contributed by atoms with Gasteiger partial charge in [0.15, 0.2) is 0 Å². The maximum absolute atomic E-state index is 12.9. The van der Waals surface area contributed by atoms with Gasteiger partial charge in [0.1, 0.15) is 5.01 Å². The van der Waals surface area contributed by atoms with Crippen molar-refractivity contribution in [2.24, 2.45) is 0 Å². The molecule has 0 aliphatic rings. The van der Waals surface area contributed by atoms with Crippen molar-refractivity contribution in [3.8, 4) is 10.6 Å². The summed E-state index contributed by atoms with van der Waals surface area (Å²) in [4.78, 5) is 16.6. The highest BCUT2D eigenvalue weighted by atomic mass is 32.1. The standard InChI is InChI=1S/C20H14F6N2OS/c1-11-2-4-12(5-3-11)18-28-16(10-30-18)9-27-17(29)13-6-14(19(21,22)23)8-15(7-13)20(24,25)26/h2-8,10H,9H2,1H3,(H,27,29). The highest BCUT2D eigenvalue weighted by Crippen LogP contribution is 2.36. The quantitative estimate of drug-likeness (QED) is 0.495. The summed E-state index contributed by atoms with van der Waals surface area (Å²) in [6, 6.07) is 8.32. The average molecular weight is 444 g/mol. The Morgan fingerprint density at radius 3 is 2.07 bits per heavy atom. The van der Waals surface area contributed by atoms with Gasteiger partial charge in [-0.1, -0.05) is 29.8 Å². The summed E-state index contributed by atoms with van der Waals surface area (Å²) < 4.78 is 77.6. The van der Waals surface area contributed by atoms with E-state index in [4.69, 9.17) is 0 Å². The Kier molecular flexibility index (Phi) is 5.89. The molecular weight excluding hydrogens is 430 g/mol. The van der Waals surface area contributed by atoms with Gasteiger partial charge < -0.3 is 5.32 Å². The largest absolute Gasteiger partial charge is 0.416 e. The van der Waals surface area contributed by atoms with Gasteiger partial charge in [0.25, 0.3) is 5.91 Å². The molecule has 0 fully saturated rings. The molecule has 1 N–H and O–H groups in total. The molecule has 1 heterocycles. The van der Waals surface area contributed by atoms with Crippen molar-refractivity contribution in [3.63, 3.8) is 0 Å². The lowest BCUT2D eigenvalue weighted by Gasteiger charge is -2.14. The van der Waals surface area contributed by atoms with Crippen LogP contribution in [0.4, 0.5) is 26.3 Å². The molecule has 0 bridgehead atoms. The molecule has 1 amide bonds. The molecule has 0 radical (unpaired) electrons. The predicted octanol–water partition coefficient (Wildman–Crippen LogP) is 6.09. The van der Waals surface area contributed by atoms with E-state index in [9.17, 15) is 31.1 Å². The first-order valence-electron chi connectivity index (χ1n) is 8.52. The molecule has 3 nitrogen and oxygen atoms in total. The van der Waals surface area contributed by atoms with Gasteiger partial charge >= 0.3 is 12.4 Å². The van der Waals surface area contributed by atoms with E-state index in [-0.39, 0.29) is 12.6 Å². The SMILES string of the molecule is Cc1ccc(-c2nc(CNC(=O)c3cc(C(F)(F)F)cc(C(F)(F)F)c3)cs2)cc1. The first-order chi connectivity index (χ1) is 13.9. The number of alkyl halides is 6. The van der Waals surface area contributed by atoms with Gasteiger partial charge in [0.05, 0.1) is 23.4 Å². The summed E-state index contributed by atoms with van der Waals surface area (Å²) in [6.07, 6.45) is -10.0. The summed E-state index contributed by atoms with van der Waals surface area (Å²) in [5, 5.41) is 4.65. The first kappa shape index (κ1) is 21.8. The normalized spacial score (nSPS) is 12.1. The third-order valence-corrected chi connectivity index (χ3v) is 5.07. The number of hydrogen-bond donors (Lipinski definition) is 1. The van der Waals surface area contributed by atoms with Crippen molar-refractivity contribution in [1.29, 1.82) is 0 Å². The topological polar surface area (TPSA) is 42.0 Å². The fourth-order valence-corrected chi connectivity index (χ4v) is 3.40. The van der Waals surface area contributed by atoms with Gasteiger partial charge in [-0.15, -0.1) is 11.3 Å². The molecule has 1 aromatic heterocycles. The molecule has 3 aromatic rings. The molecule has 2 aromatic carbocycles. The lowest BCUT2D eigenvalue weighted by molar-refractivity contribution is -0.143. The van der Waals surface area contributed by atoms with Crippen LogP contribution < -0.4 is 5.32 Å². The van der Waals surface area contributed by atoms with Crippen molar-refractivity contribution in [3.05, 3.63) is 75.8 Å². The van der Waals surface area contributed by atoms with Crippen LogP contribution in [-0.2, 0) is 18.9 Å². The Balaban J connectivity index is 1.77. The van der Waals surface area contributed by atoms with Gasteiger partial charge in [0.2, 0.25) is 0 Å². The summed E-state index contributed by atoms with van der Waals surface area (Å²) in [5.41, 5.74) is -1.45. The fourth-order valence-electron chi connectivity index (χ4n) is 2.58. The molecule has 0 saturated heterocycles. The van der Waals surface area contributed by atoms with Crippen molar-refractivity contribution in [1.82, 2.24) is 10.3 Å². The number of carbonyl (C=O) groups excluding carboxylic acids is 1. The molecule has 0 aliphatic heterocycles. The third kappa shape index (κ3) is 5.18. The van der Waals surface area contributed by atoms with Gasteiger partial charge in [-0.2, -0.15) is 26.3 Å². The van der Waals surface area contributed by atoms with Crippen LogP contribution in [0.3, 0.4) is 0 Å². The van der Waals surface area contributed by atoms with Crippen LogP contribution in [0.1, 0.15) is 32.7 Å². The maximum Gasteiger partial charge on any atom is 0.416 e.